The minimum absolute atomic E-state index is 0.182. The number of hydrogen-bond donors (Lipinski definition) is 2. The third kappa shape index (κ3) is 4.30. The first-order valence-corrected chi connectivity index (χ1v) is 11.9. The molecule has 148 valence electrons. The van der Waals surface area contributed by atoms with Crippen molar-refractivity contribution in [3.05, 3.63) is 54.1 Å². The van der Waals surface area contributed by atoms with Crippen molar-refractivity contribution in [3.63, 3.8) is 0 Å². The Morgan fingerprint density at radius 1 is 1.15 bits per heavy atom. The van der Waals surface area contributed by atoms with Crippen LogP contribution in [0.1, 0.15) is 17.2 Å². The number of nitrogens with zero attached hydrogens (tertiary/aromatic N) is 1. The molecule has 1 heterocycles. The van der Waals surface area contributed by atoms with Crippen LogP contribution in [-0.2, 0) is 9.84 Å². The van der Waals surface area contributed by atoms with Crippen LogP contribution in [0.4, 0.5) is 0 Å². The molecule has 0 saturated heterocycles. The van der Waals surface area contributed by atoms with Gasteiger partial charge in [0.15, 0.2) is 9.84 Å². The Labute approximate surface area is 162 Å². The number of benzene rings is 2. The van der Waals surface area contributed by atoms with Gasteiger partial charge in [-0.15, -0.1) is 0 Å². The second-order valence-corrected chi connectivity index (χ2v) is 11.1. The molecule has 0 spiro atoms. The van der Waals surface area contributed by atoms with E-state index in [2.05, 4.69) is 4.90 Å². The molecular formula is C19H25NO5S2. The van der Waals surface area contributed by atoms with Crippen LogP contribution in [0.5, 0.6) is 5.75 Å². The van der Waals surface area contributed by atoms with Gasteiger partial charge in [0, 0.05) is 12.6 Å². The highest BCUT2D eigenvalue weighted by Crippen LogP contribution is 2.61. The fourth-order valence-electron chi connectivity index (χ4n) is 3.15. The van der Waals surface area contributed by atoms with Crippen molar-refractivity contribution >= 4 is 20.4 Å². The molecule has 2 N–H and O–H groups in total. The van der Waals surface area contributed by atoms with E-state index in [0.29, 0.717) is 17.9 Å². The Balaban J connectivity index is 1.86. The summed E-state index contributed by atoms with van der Waals surface area (Å²) >= 11 is 0. The first-order valence-electron chi connectivity index (χ1n) is 8.68. The number of fused-ring (bicyclic) bond motifs is 1. The molecule has 0 aromatic heterocycles. The quantitative estimate of drug-likeness (QED) is 0.676. The van der Waals surface area contributed by atoms with E-state index in [4.69, 9.17) is 4.74 Å². The average molecular weight is 412 g/mol. The molecule has 0 fully saturated rings. The first kappa shape index (κ1) is 20.2. The first-order chi connectivity index (χ1) is 12.7. The molecule has 0 radical (unpaired) electrons. The van der Waals surface area contributed by atoms with Crippen LogP contribution in [0.2, 0.25) is 0 Å². The average Bonchev–Trinajstić information content (AvgIpc) is 2.91. The van der Waals surface area contributed by atoms with E-state index in [0.717, 1.165) is 13.0 Å². The van der Waals surface area contributed by atoms with Gasteiger partial charge in [-0.25, -0.2) is 8.42 Å². The molecule has 8 heteroatoms. The lowest BCUT2D eigenvalue weighted by Gasteiger charge is -2.27. The maximum atomic E-state index is 13.0. The zero-order chi connectivity index (χ0) is 19.7. The van der Waals surface area contributed by atoms with Gasteiger partial charge in [-0.3, -0.25) is 9.11 Å². The minimum atomic E-state index is -3.71. The van der Waals surface area contributed by atoms with Crippen LogP contribution in [0, 0.1) is 0 Å². The van der Waals surface area contributed by atoms with E-state index in [9.17, 15) is 17.5 Å². The van der Waals surface area contributed by atoms with E-state index >= 15 is 0 Å². The second-order valence-electron chi connectivity index (χ2n) is 6.89. The summed E-state index contributed by atoms with van der Waals surface area (Å²) < 4.78 is 52.7. The zero-order valence-corrected chi connectivity index (χ0v) is 17.0. The minimum Gasteiger partial charge on any atom is -0.493 e. The summed E-state index contributed by atoms with van der Waals surface area (Å²) in [6.07, 6.45) is 0.839. The fraction of sp³-hybridized carbons (Fsp3) is 0.368. The maximum absolute atomic E-state index is 13.0. The molecule has 2 aromatic carbocycles. The van der Waals surface area contributed by atoms with Crippen molar-refractivity contribution < 1.29 is 22.3 Å². The fourth-order valence-corrected chi connectivity index (χ4v) is 7.59. The molecule has 1 aliphatic heterocycles. The van der Waals surface area contributed by atoms with Gasteiger partial charge in [0.1, 0.15) is 11.0 Å². The molecule has 2 aromatic rings. The van der Waals surface area contributed by atoms with Gasteiger partial charge in [-0.2, -0.15) is 10.6 Å². The SMILES string of the molecule is CN(C)CCCOc1ccc2c(c1)S(O)(O)CC2S(=O)(=O)c1ccccc1. The van der Waals surface area contributed by atoms with Crippen molar-refractivity contribution in [2.45, 2.75) is 21.5 Å². The van der Waals surface area contributed by atoms with Crippen LogP contribution in [0.25, 0.3) is 0 Å². The highest BCUT2D eigenvalue weighted by Gasteiger charge is 2.43. The molecule has 0 amide bonds. The summed E-state index contributed by atoms with van der Waals surface area (Å²) in [7, 11) is -2.92. The number of ether oxygens (including phenoxy) is 1. The summed E-state index contributed by atoms with van der Waals surface area (Å²) in [6, 6.07) is 13.0. The topological polar surface area (TPSA) is 87.1 Å². The lowest BCUT2D eigenvalue weighted by molar-refractivity contribution is 0.281. The van der Waals surface area contributed by atoms with Crippen molar-refractivity contribution in [2.24, 2.45) is 0 Å². The van der Waals surface area contributed by atoms with E-state index in [1.54, 1.807) is 36.4 Å². The van der Waals surface area contributed by atoms with Crippen molar-refractivity contribution in [1.82, 2.24) is 4.90 Å². The molecule has 0 aliphatic carbocycles. The van der Waals surface area contributed by atoms with Crippen LogP contribution in [0.3, 0.4) is 0 Å². The van der Waals surface area contributed by atoms with E-state index in [-0.39, 0.29) is 15.5 Å². The Bertz CT molecular complexity index is 898. The van der Waals surface area contributed by atoms with Crippen LogP contribution in [0.15, 0.2) is 58.3 Å². The Morgan fingerprint density at radius 2 is 1.85 bits per heavy atom. The van der Waals surface area contributed by atoms with Gasteiger partial charge in [0.2, 0.25) is 0 Å². The second kappa shape index (κ2) is 7.81. The van der Waals surface area contributed by atoms with Crippen molar-refractivity contribution in [2.75, 3.05) is 33.0 Å². The van der Waals surface area contributed by atoms with E-state index < -0.39 is 25.7 Å². The van der Waals surface area contributed by atoms with Crippen molar-refractivity contribution in [3.8, 4) is 5.75 Å². The highest BCUT2D eigenvalue weighted by molar-refractivity contribution is 8.25. The smallest absolute Gasteiger partial charge is 0.187 e. The summed E-state index contributed by atoms with van der Waals surface area (Å²) in [5.74, 6) is 0.300. The summed E-state index contributed by atoms with van der Waals surface area (Å²) in [5, 5.41) is -0.970. The van der Waals surface area contributed by atoms with Gasteiger partial charge >= 0.3 is 0 Å². The number of hydrogen-bond acceptors (Lipinski definition) is 6. The molecule has 0 bridgehead atoms. The van der Waals surface area contributed by atoms with Gasteiger partial charge in [-0.1, -0.05) is 24.3 Å². The Hall–Kier alpha value is -1.58. The molecule has 1 unspecified atom stereocenters. The normalized spacial score (nSPS) is 19.7. The summed E-state index contributed by atoms with van der Waals surface area (Å²) in [5.41, 5.74) is 0.444. The van der Waals surface area contributed by atoms with Gasteiger partial charge in [-0.05, 0) is 44.3 Å². The van der Waals surface area contributed by atoms with Crippen LogP contribution < -0.4 is 4.74 Å². The van der Waals surface area contributed by atoms with E-state index in [1.807, 2.05) is 14.1 Å². The molecule has 1 aliphatic rings. The Morgan fingerprint density at radius 3 is 2.52 bits per heavy atom. The number of rotatable bonds is 7. The Kier molecular flexibility index (Phi) is 5.83. The van der Waals surface area contributed by atoms with Crippen LogP contribution >= 0.6 is 10.6 Å². The largest absolute Gasteiger partial charge is 0.493 e. The number of sulfone groups is 1. The van der Waals surface area contributed by atoms with Crippen LogP contribution in [-0.4, -0.2) is 55.4 Å². The lowest BCUT2D eigenvalue weighted by atomic mass is 10.1. The molecule has 3 rings (SSSR count). The van der Waals surface area contributed by atoms with Gasteiger partial charge in [0.25, 0.3) is 0 Å². The molecular weight excluding hydrogens is 386 g/mol. The maximum Gasteiger partial charge on any atom is 0.187 e. The highest BCUT2D eigenvalue weighted by atomic mass is 32.3. The van der Waals surface area contributed by atoms with Gasteiger partial charge < -0.3 is 9.64 Å². The molecule has 27 heavy (non-hydrogen) atoms. The molecule has 0 saturated carbocycles. The van der Waals surface area contributed by atoms with Gasteiger partial charge in [0.05, 0.1) is 22.2 Å². The standard InChI is InChI=1S/C19H25NO5S2/c1-20(2)11-6-12-25-15-9-10-17-18(13-15)26(21,22)14-19(17)27(23,24)16-7-4-3-5-8-16/h3-5,7-10,13,19,21-22H,6,11-12,14H2,1-2H3. The molecule has 1 atom stereocenters. The van der Waals surface area contributed by atoms with E-state index in [1.165, 1.54) is 12.1 Å². The summed E-state index contributed by atoms with van der Waals surface area (Å²) in [6.45, 7) is 1.39. The lowest BCUT2D eigenvalue weighted by Crippen LogP contribution is -2.15. The molecule has 6 nitrogen and oxygen atoms in total. The summed E-state index contributed by atoms with van der Waals surface area (Å²) in [4.78, 5) is 2.51. The predicted molar refractivity (Wildman–Crippen MR) is 107 cm³/mol. The third-order valence-electron chi connectivity index (χ3n) is 4.53. The predicted octanol–water partition coefficient (Wildman–Crippen LogP) is 3.66. The van der Waals surface area contributed by atoms with Crippen molar-refractivity contribution in [1.29, 1.82) is 0 Å². The third-order valence-corrected chi connectivity index (χ3v) is 8.70. The monoisotopic (exact) mass is 411 g/mol. The zero-order valence-electron chi connectivity index (χ0n) is 15.4.